The maximum Gasteiger partial charge on any atom is 0.573 e. The van der Waals surface area contributed by atoms with Crippen LogP contribution in [0.2, 0.25) is 0 Å². The average Bonchev–Trinajstić information content (AvgIpc) is 3.28. The number of ether oxygens (including phenoxy) is 2. The number of nitrogens with zero attached hydrogens (tertiary/aromatic N) is 4. The first-order valence-electron chi connectivity index (χ1n) is 12.2. The maximum absolute atomic E-state index is 13.3. The fraction of sp³-hybridized carbons (Fsp3) is 0.385. The smallest absolute Gasteiger partial charge is 0.406 e. The number of aliphatic hydroxyl groups is 1. The number of carbonyl (C=O) groups excluding carboxylic acids is 2. The van der Waals surface area contributed by atoms with Gasteiger partial charge >= 0.3 is 6.36 Å². The molecule has 14 heteroatoms. The lowest BCUT2D eigenvalue weighted by molar-refractivity contribution is -0.274. The van der Waals surface area contributed by atoms with E-state index in [1.54, 1.807) is 41.0 Å². The highest BCUT2D eigenvalue weighted by Crippen LogP contribution is 2.27. The van der Waals surface area contributed by atoms with Crippen LogP contribution in [0.5, 0.6) is 5.75 Å². The van der Waals surface area contributed by atoms with Crippen LogP contribution in [-0.2, 0) is 16.1 Å². The van der Waals surface area contributed by atoms with Crippen molar-refractivity contribution in [2.24, 2.45) is 4.99 Å². The van der Waals surface area contributed by atoms with Crippen molar-refractivity contribution >= 4 is 29.0 Å². The van der Waals surface area contributed by atoms with Gasteiger partial charge in [0.2, 0.25) is 5.91 Å². The molecule has 0 atom stereocenters. The molecule has 0 spiro atoms. The number of nitrogens with one attached hydrogen (secondary N) is 1. The standard InChI is InChI=1S/C26H30F3N5O5S/c1-17-5-10-20(23(31-17)33(2)13-14-35)24(37)32-25-34(12-4-11-30-22(36)15-38-3)21(16-40-25)18-6-8-19(9-7-18)39-26(27,28)29/h5-10,16,35H,4,11-15H2,1-3H3,(H,30,36). The zero-order valence-electron chi connectivity index (χ0n) is 22.2. The van der Waals surface area contributed by atoms with E-state index in [-0.39, 0.29) is 37.0 Å². The molecule has 2 aromatic heterocycles. The molecule has 2 amide bonds. The topological polar surface area (TPSA) is 118 Å². The van der Waals surface area contributed by atoms with Crippen LogP contribution in [-0.4, -0.2) is 73.3 Å². The summed E-state index contributed by atoms with van der Waals surface area (Å²) in [6.07, 6.45) is -4.33. The van der Waals surface area contributed by atoms with Gasteiger partial charge in [-0.3, -0.25) is 9.59 Å². The lowest BCUT2D eigenvalue weighted by atomic mass is 10.1. The highest BCUT2D eigenvalue weighted by atomic mass is 32.1. The lowest BCUT2D eigenvalue weighted by Gasteiger charge is -2.19. The van der Waals surface area contributed by atoms with Gasteiger partial charge in [0.25, 0.3) is 5.91 Å². The van der Waals surface area contributed by atoms with Gasteiger partial charge in [0, 0.05) is 44.9 Å². The number of carbonyl (C=O) groups is 2. The minimum absolute atomic E-state index is 0.0735. The Bertz CT molecular complexity index is 1370. The highest BCUT2D eigenvalue weighted by molar-refractivity contribution is 7.07. The first-order chi connectivity index (χ1) is 19.0. The summed E-state index contributed by atoms with van der Waals surface area (Å²) in [7, 11) is 3.13. The van der Waals surface area contributed by atoms with Gasteiger partial charge in [-0.1, -0.05) is 0 Å². The third-order valence-electron chi connectivity index (χ3n) is 5.58. The van der Waals surface area contributed by atoms with Gasteiger partial charge in [-0.05, 0) is 55.3 Å². The van der Waals surface area contributed by atoms with Crippen molar-refractivity contribution in [3.63, 3.8) is 0 Å². The Morgan fingerprint density at radius 2 is 1.93 bits per heavy atom. The number of aromatic nitrogens is 2. The summed E-state index contributed by atoms with van der Waals surface area (Å²) in [6.45, 7) is 2.53. The minimum atomic E-state index is -4.81. The Labute approximate surface area is 232 Å². The van der Waals surface area contributed by atoms with E-state index in [1.807, 2.05) is 0 Å². The summed E-state index contributed by atoms with van der Waals surface area (Å²) >= 11 is 1.19. The van der Waals surface area contributed by atoms with Gasteiger partial charge in [0.15, 0.2) is 4.80 Å². The highest BCUT2D eigenvalue weighted by Gasteiger charge is 2.31. The number of likely N-dealkylation sites (N-methyl/N-ethyl adjacent to an activating group) is 1. The Morgan fingerprint density at radius 1 is 1.20 bits per heavy atom. The lowest BCUT2D eigenvalue weighted by Crippen LogP contribution is -2.29. The predicted molar refractivity (Wildman–Crippen MR) is 143 cm³/mol. The van der Waals surface area contributed by atoms with Crippen molar-refractivity contribution in [2.45, 2.75) is 26.3 Å². The Balaban J connectivity index is 1.97. The van der Waals surface area contributed by atoms with E-state index in [1.165, 1.54) is 42.7 Å². The second-order valence-corrected chi connectivity index (χ2v) is 9.49. The van der Waals surface area contributed by atoms with Crippen LogP contribution in [0.4, 0.5) is 19.0 Å². The number of pyridine rings is 1. The maximum atomic E-state index is 13.3. The number of hydrogen-bond donors (Lipinski definition) is 2. The number of anilines is 1. The third-order valence-corrected chi connectivity index (χ3v) is 6.44. The number of benzene rings is 1. The van der Waals surface area contributed by atoms with Crippen molar-refractivity contribution in [2.75, 3.05) is 45.4 Å². The molecule has 1 aromatic carbocycles. The van der Waals surface area contributed by atoms with E-state index in [0.29, 0.717) is 47.1 Å². The monoisotopic (exact) mass is 581 g/mol. The second kappa shape index (κ2) is 14.1. The number of aliphatic hydroxyl groups excluding tert-OH is 1. The van der Waals surface area contributed by atoms with Crippen molar-refractivity contribution in [1.29, 1.82) is 0 Å². The molecule has 0 unspecified atom stereocenters. The molecule has 0 fully saturated rings. The second-order valence-electron chi connectivity index (χ2n) is 8.65. The summed E-state index contributed by atoms with van der Waals surface area (Å²) in [4.78, 5) is 35.9. The summed E-state index contributed by atoms with van der Waals surface area (Å²) in [5, 5.41) is 13.8. The summed E-state index contributed by atoms with van der Waals surface area (Å²) in [5.41, 5.74) is 2.16. The van der Waals surface area contributed by atoms with Crippen LogP contribution >= 0.6 is 11.3 Å². The molecule has 216 valence electrons. The van der Waals surface area contributed by atoms with Gasteiger partial charge < -0.3 is 29.4 Å². The molecule has 3 aromatic rings. The van der Waals surface area contributed by atoms with Crippen LogP contribution < -0.4 is 19.8 Å². The number of halogens is 3. The van der Waals surface area contributed by atoms with Gasteiger partial charge in [0.1, 0.15) is 18.2 Å². The number of thiazole rings is 1. The number of amides is 2. The molecule has 2 heterocycles. The van der Waals surface area contributed by atoms with Crippen molar-refractivity contribution in [3.8, 4) is 17.0 Å². The van der Waals surface area contributed by atoms with Crippen LogP contribution in [0.25, 0.3) is 11.3 Å². The van der Waals surface area contributed by atoms with E-state index in [9.17, 15) is 27.9 Å². The molecule has 0 saturated heterocycles. The molecule has 40 heavy (non-hydrogen) atoms. The largest absolute Gasteiger partial charge is 0.573 e. The average molecular weight is 582 g/mol. The molecule has 2 N–H and O–H groups in total. The van der Waals surface area contributed by atoms with Crippen molar-refractivity contribution < 1.29 is 37.3 Å². The van der Waals surface area contributed by atoms with Gasteiger partial charge in [0.05, 0.1) is 17.9 Å². The number of rotatable bonds is 12. The van der Waals surface area contributed by atoms with Crippen LogP contribution in [0.3, 0.4) is 0 Å². The zero-order chi connectivity index (χ0) is 29.3. The molecule has 3 rings (SSSR count). The number of alkyl halides is 3. The number of hydrogen-bond acceptors (Lipinski definition) is 8. The van der Waals surface area contributed by atoms with Gasteiger partial charge in [-0.25, -0.2) is 4.98 Å². The molecule has 0 radical (unpaired) electrons. The fourth-order valence-corrected chi connectivity index (χ4v) is 4.68. The molecule has 0 aliphatic rings. The van der Waals surface area contributed by atoms with E-state index < -0.39 is 12.3 Å². The van der Waals surface area contributed by atoms with Gasteiger partial charge in [-0.2, -0.15) is 4.99 Å². The Kier molecular flexibility index (Phi) is 10.8. The molecule has 0 aliphatic carbocycles. The van der Waals surface area contributed by atoms with E-state index in [0.717, 1.165) is 0 Å². The zero-order valence-corrected chi connectivity index (χ0v) is 23.0. The molecule has 0 bridgehead atoms. The molecular formula is C26H30F3N5O5S. The summed E-state index contributed by atoms with van der Waals surface area (Å²) in [6, 6.07) is 8.70. The molecule has 10 nitrogen and oxygen atoms in total. The minimum Gasteiger partial charge on any atom is -0.406 e. The number of aryl methyl sites for hydroxylation is 1. The van der Waals surface area contributed by atoms with E-state index >= 15 is 0 Å². The SMILES string of the molecule is COCC(=O)NCCCn1c(-c2ccc(OC(F)(F)F)cc2)csc1=NC(=O)c1ccc(C)nc1N(C)CCO. The van der Waals surface area contributed by atoms with Crippen molar-refractivity contribution in [3.05, 3.63) is 57.8 Å². The predicted octanol–water partition coefficient (Wildman–Crippen LogP) is 3.14. The van der Waals surface area contributed by atoms with E-state index in [4.69, 9.17) is 4.74 Å². The summed E-state index contributed by atoms with van der Waals surface area (Å²) in [5.74, 6) is -0.792. The van der Waals surface area contributed by atoms with Crippen LogP contribution in [0.1, 0.15) is 22.5 Å². The molecule has 0 saturated carbocycles. The first-order valence-corrected chi connectivity index (χ1v) is 13.1. The Morgan fingerprint density at radius 3 is 2.58 bits per heavy atom. The molecule has 0 aliphatic heterocycles. The fourth-order valence-electron chi connectivity index (χ4n) is 3.74. The van der Waals surface area contributed by atoms with Crippen molar-refractivity contribution in [1.82, 2.24) is 14.9 Å². The number of methoxy groups -OCH3 is 1. The molecular weight excluding hydrogens is 551 g/mol. The van der Waals surface area contributed by atoms with Crippen LogP contribution in [0, 0.1) is 6.92 Å². The van der Waals surface area contributed by atoms with E-state index in [2.05, 4.69) is 20.0 Å². The van der Waals surface area contributed by atoms with Gasteiger partial charge in [-0.15, -0.1) is 24.5 Å². The summed E-state index contributed by atoms with van der Waals surface area (Å²) < 4.78 is 48.3. The Hall–Kier alpha value is -3.75. The first kappa shape index (κ1) is 30.8. The quantitative estimate of drug-likeness (QED) is 0.316. The van der Waals surface area contributed by atoms with Crippen LogP contribution in [0.15, 0.2) is 46.8 Å². The normalized spacial score (nSPS) is 11.9. The third kappa shape index (κ3) is 8.63.